The number of nitrogens with two attached hydrogens (primary N) is 2. The summed E-state index contributed by atoms with van der Waals surface area (Å²) >= 11 is 1.26. The van der Waals surface area contributed by atoms with Crippen molar-refractivity contribution in [3.63, 3.8) is 0 Å². The number of Topliss-reactive ketones (excluding diaryl/α,β-unsaturated/α-hetero) is 1. The van der Waals surface area contributed by atoms with Gasteiger partial charge in [-0.1, -0.05) is 13.8 Å². The lowest BCUT2D eigenvalue weighted by Gasteiger charge is -2.17. The Hall–Kier alpha value is -1.60. The minimum absolute atomic E-state index is 0.0614. The Bertz CT molecular complexity index is 568. The fourth-order valence-electron chi connectivity index (χ4n) is 2.44. The highest BCUT2D eigenvalue weighted by atomic mass is 32.1. The molecule has 0 radical (unpaired) electrons. The van der Waals surface area contributed by atoms with E-state index in [1.54, 1.807) is 7.11 Å². The molecule has 1 aliphatic heterocycles. The molecule has 0 aromatic carbocycles. The number of nitrogens with zero attached hydrogens (tertiary/aromatic N) is 1. The van der Waals surface area contributed by atoms with Gasteiger partial charge in [-0.15, -0.1) is 11.3 Å². The van der Waals surface area contributed by atoms with Crippen LogP contribution in [-0.4, -0.2) is 38.0 Å². The third kappa shape index (κ3) is 2.89. The van der Waals surface area contributed by atoms with Gasteiger partial charge < -0.3 is 21.1 Å². The highest BCUT2D eigenvalue weighted by molar-refractivity contribution is 7.19. The molecule has 2 rings (SSSR count). The van der Waals surface area contributed by atoms with Crippen molar-refractivity contribution in [1.29, 1.82) is 0 Å². The molecule has 0 saturated carbocycles. The summed E-state index contributed by atoms with van der Waals surface area (Å²) in [6.07, 6.45) is 0.998. The molecule has 0 bridgehead atoms. The molecule has 1 aliphatic rings. The molecule has 1 unspecified atom stereocenters. The summed E-state index contributed by atoms with van der Waals surface area (Å²) in [5.74, 6) is -0.832. The van der Waals surface area contributed by atoms with Crippen molar-refractivity contribution in [3.05, 3.63) is 10.4 Å². The number of ketones is 1. The lowest BCUT2D eigenvalue weighted by molar-refractivity contribution is 0.0944. The number of hydrogen-bond acceptors (Lipinski definition) is 6. The molecule has 1 atom stereocenters. The van der Waals surface area contributed by atoms with Gasteiger partial charge in [0.05, 0.1) is 22.2 Å². The number of amides is 1. The SMILES string of the molecule is COC1CCN(c2sc(C(=O)C(C)C)c(N)c2C(N)=O)C1. The first-order valence-corrected chi connectivity index (χ1v) is 7.72. The summed E-state index contributed by atoms with van der Waals surface area (Å²) in [5, 5.41) is 0.684. The van der Waals surface area contributed by atoms with Crippen LogP contribution >= 0.6 is 11.3 Å². The van der Waals surface area contributed by atoms with Crippen LogP contribution in [0.2, 0.25) is 0 Å². The molecule has 7 heteroatoms. The second kappa shape index (κ2) is 6.03. The van der Waals surface area contributed by atoms with E-state index in [4.69, 9.17) is 16.2 Å². The molecule has 0 spiro atoms. The maximum atomic E-state index is 12.2. The van der Waals surface area contributed by atoms with E-state index in [0.717, 1.165) is 13.0 Å². The van der Waals surface area contributed by atoms with E-state index in [2.05, 4.69) is 0 Å². The van der Waals surface area contributed by atoms with Gasteiger partial charge in [-0.2, -0.15) is 0 Å². The van der Waals surface area contributed by atoms with Crippen LogP contribution < -0.4 is 16.4 Å². The van der Waals surface area contributed by atoms with Gasteiger partial charge in [0.25, 0.3) is 5.91 Å². The molecule has 1 amide bonds. The number of ether oxygens (including phenoxy) is 1. The maximum Gasteiger partial charge on any atom is 0.253 e. The second-order valence-electron chi connectivity index (χ2n) is 5.50. The Morgan fingerprint density at radius 2 is 2.10 bits per heavy atom. The Morgan fingerprint density at radius 3 is 2.57 bits per heavy atom. The first kappa shape index (κ1) is 15.8. The molecule has 1 aromatic heterocycles. The Morgan fingerprint density at radius 1 is 1.43 bits per heavy atom. The molecule has 4 N–H and O–H groups in total. The van der Waals surface area contributed by atoms with Gasteiger partial charge in [-0.3, -0.25) is 9.59 Å². The lowest BCUT2D eigenvalue weighted by Crippen LogP contribution is -2.24. The van der Waals surface area contributed by atoms with Crippen molar-refractivity contribution in [2.75, 3.05) is 30.8 Å². The van der Waals surface area contributed by atoms with Crippen LogP contribution in [0.1, 0.15) is 40.3 Å². The molecule has 6 nitrogen and oxygen atoms in total. The molecular weight excluding hydrogens is 290 g/mol. The predicted molar refractivity (Wildman–Crippen MR) is 84.0 cm³/mol. The van der Waals surface area contributed by atoms with Crippen molar-refractivity contribution in [1.82, 2.24) is 0 Å². The third-order valence-corrected chi connectivity index (χ3v) is 4.97. The van der Waals surface area contributed by atoms with Gasteiger partial charge in [0.1, 0.15) is 5.00 Å². The van der Waals surface area contributed by atoms with Crippen molar-refractivity contribution in [2.45, 2.75) is 26.4 Å². The number of carbonyl (C=O) groups excluding carboxylic acids is 2. The zero-order valence-corrected chi connectivity index (χ0v) is 13.3. The fraction of sp³-hybridized carbons (Fsp3) is 0.571. The number of thiophene rings is 1. The summed E-state index contributed by atoms with van der Waals surface area (Å²) in [4.78, 5) is 26.4. The molecule has 1 fully saturated rings. The number of hydrogen-bond donors (Lipinski definition) is 2. The van der Waals surface area contributed by atoms with Crippen LogP contribution in [-0.2, 0) is 4.74 Å². The summed E-state index contributed by atoms with van der Waals surface area (Å²) in [5.41, 5.74) is 11.9. The van der Waals surface area contributed by atoms with E-state index in [9.17, 15) is 9.59 Å². The standard InChI is InChI=1S/C14H21N3O3S/c1-7(2)11(18)12-10(15)9(13(16)19)14(21-12)17-5-4-8(6-17)20-3/h7-8H,4-6,15H2,1-3H3,(H2,16,19). The number of anilines is 2. The van der Waals surface area contributed by atoms with Gasteiger partial charge >= 0.3 is 0 Å². The van der Waals surface area contributed by atoms with Gasteiger partial charge in [-0.25, -0.2) is 0 Å². The number of carbonyl (C=O) groups is 2. The molecule has 2 heterocycles. The minimum atomic E-state index is -0.595. The van der Waals surface area contributed by atoms with E-state index in [1.165, 1.54) is 11.3 Å². The van der Waals surface area contributed by atoms with Crippen LogP contribution in [0.3, 0.4) is 0 Å². The summed E-state index contributed by atoms with van der Waals surface area (Å²) in [6, 6.07) is 0. The predicted octanol–water partition coefficient (Wildman–Crippen LogP) is 1.49. The first-order chi connectivity index (χ1) is 9.86. The van der Waals surface area contributed by atoms with Crippen LogP contribution in [0.4, 0.5) is 10.7 Å². The Labute approximate surface area is 128 Å². The normalized spacial score (nSPS) is 18.5. The van der Waals surface area contributed by atoms with Crippen molar-refractivity contribution < 1.29 is 14.3 Å². The van der Waals surface area contributed by atoms with Gasteiger partial charge in [0, 0.05) is 26.1 Å². The third-order valence-electron chi connectivity index (χ3n) is 3.69. The summed E-state index contributed by atoms with van der Waals surface area (Å²) < 4.78 is 5.33. The quantitative estimate of drug-likeness (QED) is 0.803. The molecule has 0 aliphatic carbocycles. The second-order valence-corrected chi connectivity index (χ2v) is 6.50. The monoisotopic (exact) mass is 311 g/mol. The molecule has 116 valence electrons. The van der Waals surface area contributed by atoms with Crippen LogP contribution in [0.25, 0.3) is 0 Å². The molecule has 1 aromatic rings. The zero-order chi connectivity index (χ0) is 15.7. The van der Waals surface area contributed by atoms with E-state index < -0.39 is 5.91 Å². The van der Waals surface area contributed by atoms with E-state index in [-0.39, 0.29) is 29.1 Å². The Balaban J connectivity index is 2.43. The number of nitrogen functional groups attached to an aromatic ring is 1. The number of rotatable bonds is 5. The van der Waals surface area contributed by atoms with E-state index in [1.807, 2.05) is 18.7 Å². The molecule has 1 saturated heterocycles. The van der Waals surface area contributed by atoms with Crippen LogP contribution in [0.5, 0.6) is 0 Å². The molecule has 21 heavy (non-hydrogen) atoms. The highest BCUT2D eigenvalue weighted by Gasteiger charge is 2.31. The van der Waals surface area contributed by atoms with Gasteiger partial charge in [-0.05, 0) is 6.42 Å². The van der Waals surface area contributed by atoms with E-state index >= 15 is 0 Å². The summed E-state index contributed by atoms with van der Waals surface area (Å²) in [6.45, 7) is 5.05. The van der Waals surface area contributed by atoms with Crippen molar-refractivity contribution in [3.8, 4) is 0 Å². The van der Waals surface area contributed by atoms with E-state index in [0.29, 0.717) is 16.4 Å². The number of methoxy groups -OCH3 is 1. The van der Waals surface area contributed by atoms with Crippen molar-refractivity contribution in [2.24, 2.45) is 11.7 Å². The molecular formula is C14H21N3O3S. The van der Waals surface area contributed by atoms with Crippen molar-refractivity contribution >= 4 is 33.7 Å². The summed E-state index contributed by atoms with van der Waals surface area (Å²) in [7, 11) is 1.67. The van der Waals surface area contributed by atoms with Gasteiger partial charge in [0.15, 0.2) is 5.78 Å². The topological polar surface area (TPSA) is 98.7 Å². The first-order valence-electron chi connectivity index (χ1n) is 6.90. The fourth-order valence-corrected chi connectivity index (χ4v) is 3.79. The maximum absolute atomic E-state index is 12.2. The minimum Gasteiger partial charge on any atom is -0.397 e. The number of primary amides is 1. The largest absolute Gasteiger partial charge is 0.397 e. The zero-order valence-electron chi connectivity index (χ0n) is 12.5. The Kier molecular flexibility index (Phi) is 4.53. The van der Waals surface area contributed by atoms with Crippen LogP contribution in [0.15, 0.2) is 0 Å². The smallest absolute Gasteiger partial charge is 0.253 e. The highest BCUT2D eigenvalue weighted by Crippen LogP contribution is 2.40. The average molecular weight is 311 g/mol. The average Bonchev–Trinajstić information content (AvgIpc) is 3.01. The van der Waals surface area contributed by atoms with Crippen LogP contribution in [0, 0.1) is 5.92 Å². The lowest BCUT2D eigenvalue weighted by atomic mass is 10.1. The van der Waals surface area contributed by atoms with Gasteiger partial charge in [0.2, 0.25) is 0 Å².